The van der Waals surface area contributed by atoms with E-state index < -0.39 is 5.41 Å². The van der Waals surface area contributed by atoms with Crippen LogP contribution in [0.1, 0.15) is 26.3 Å². The zero-order valence-corrected chi connectivity index (χ0v) is 13.7. The van der Waals surface area contributed by atoms with Crippen LogP contribution in [0.3, 0.4) is 0 Å². The van der Waals surface area contributed by atoms with Crippen LogP contribution >= 0.6 is 0 Å². The Hall–Kier alpha value is -2.55. The fourth-order valence-corrected chi connectivity index (χ4v) is 2.72. The fraction of sp³-hybridized carbons (Fsp3) is 0.250. The third-order valence-corrected chi connectivity index (χ3v) is 4.21. The second-order valence-corrected chi connectivity index (χ2v) is 6.20. The lowest BCUT2D eigenvalue weighted by atomic mass is 9.84. The van der Waals surface area contributed by atoms with E-state index in [9.17, 15) is 4.79 Å². The second-order valence-electron chi connectivity index (χ2n) is 6.20. The van der Waals surface area contributed by atoms with Crippen molar-refractivity contribution in [2.75, 3.05) is 6.61 Å². The van der Waals surface area contributed by atoms with Crippen LogP contribution in [0.2, 0.25) is 0 Å². The monoisotopic (exact) mass is 307 g/mol. The molecule has 0 unspecified atom stereocenters. The highest BCUT2D eigenvalue weighted by Gasteiger charge is 2.31. The number of aromatic nitrogens is 1. The molecule has 1 aromatic heterocycles. The molecule has 23 heavy (non-hydrogen) atoms. The van der Waals surface area contributed by atoms with Gasteiger partial charge in [-0.1, -0.05) is 36.4 Å². The van der Waals surface area contributed by atoms with Crippen molar-refractivity contribution in [2.45, 2.75) is 26.2 Å². The summed E-state index contributed by atoms with van der Waals surface area (Å²) >= 11 is 0. The maximum absolute atomic E-state index is 12.2. The lowest BCUT2D eigenvalue weighted by Crippen LogP contribution is -2.31. The predicted octanol–water partition coefficient (Wildman–Crippen LogP) is 4.68. The number of H-pyrrole nitrogens is 1. The molecule has 0 aliphatic rings. The molecule has 1 heterocycles. The Morgan fingerprint density at radius 3 is 2.52 bits per heavy atom. The summed E-state index contributed by atoms with van der Waals surface area (Å²) in [4.78, 5) is 15.6. The first-order chi connectivity index (χ1) is 11.0. The summed E-state index contributed by atoms with van der Waals surface area (Å²) in [5.41, 5.74) is 3.59. The van der Waals surface area contributed by atoms with Crippen molar-refractivity contribution in [1.82, 2.24) is 4.98 Å². The summed E-state index contributed by atoms with van der Waals surface area (Å²) in [7, 11) is 0. The molecule has 0 atom stereocenters. The Bertz CT molecular complexity index is 831. The maximum atomic E-state index is 12.2. The van der Waals surface area contributed by atoms with Crippen molar-refractivity contribution < 1.29 is 9.53 Å². The van der Waals surface area contributed by atoms with E-state index in [0.29, 0.717) is 6.61 Å². The topological polar surface area (TPSA) is 42.1 Å². The molecule has 0 fully saturated rings. The van der Waals surface area contributed by atoms with Gasteiger partial charge in [-0.2, -0.15) is 0 Å². The van der Waals surface area contributed by atoms with Gasteiger partial charge in [0, 0.05) is 16.6 Å². The number of fused-ring (bicyclic) bond motifs is 1. The molecule has 118 valence electrons. The Morgan fingerprint density at radius 2 is 1.83 bits per heavy atom. The molecule has 3 nitrogen and oxygen atoms in total. The smallest absolute Gasteiger partial charge is 0.315 e. The third kappa shape index (κ3) is 2.87. The number of nitrogens with one attached hydrogen (secondary N) is 1. The van der Waals surface area contributed by atoms with Gasteiger partial charge in [0.25, 0.3) is 0 Å². The van der Waals surface area contributed by atoms with Crippen LogP contribution in [0.4, 0.5) is 0 Å². The van der Waals surface area contributed by atoms with Crippen molar-refractivity contribution in [3.05, 3.63) is 60.2 Å². The molecular formula is C20H21NO2. The molecule has 0 radical (unpaired) electrons. The van der Waals surface area contributed by atoms with Crippen LogP contribution in [0.15, 0.2) is 54.6 Å². The van der Waals surface area contributed by atoms with Crippen LogP contribution < -0.4 is 0 Å². The molecule has 0 aliphatic carbocycles. The Balaban J connectivity index is 2.01. The molecule has 3 aromatic rings. The summed E-state index contributed by atoms with van der Waals surface area (Å²) in [5, 5.41) is 1.10. The molecule has 0 spiro atoms. The first-order valence-corrected chi connectivity index (χ1v) is 7.88. The lowest BCUT2D eigenvalue weighted by molar-refractivity contribution is -0.148. The minimum absolute atomic E-state index is 0.196. The van der Waals surface area contributed by atoms with Crippen molar-refractivity contribution in [3.63, 3.8) is 0 Å². The average molecular weight is 307 g/mol. The van der Waals surface area contributed by atoms with Gasteiger partial charge in [0.1, 0.15) is 0 Å². The average Bonchev–Trinajstić information content (AvgIpc) is 2.99. The summed E-state index contributed by atoms with van der Waals surface area (Å²) in [6, 6.07) is 18.4. The van der Waals surface area contributed by atoms with E-state index in [4.69, 9.17) is 4.74 Å². The molecule has 2 aromatic carbocycles. The second kappa shape index (κ2) is 5.92. The number of esters is 1. The molecule has 0 saturated carbocycles. The van der Waals surface area contributed by atoms with Crippen molar-refractivity contribution in [1.29, 1.82) is 0 Å². The molecule has 0 saturated heterocycles. The Morgan fingerprint density at radius 1 is 1.09 bits per heavy atom. The fourth-order valence-electron chi connectivity index (χ4n) is 2.72. The highest BCUT2D eigenvalue weighted by molar-refractivity contribution is 5.89. The van der Waals surface area contributed by atoms with E-state index in [0.717, 1.165) is 27.7 Å². The zero-order chi connectivity index (χ0) is 16.4. The first-order valence-electron chi connectivity index (χ1n) is 7.88. The van der Waals surface area contributed by atoms with E-state index >= 15 is 0 Å². The van der Waals surface area contributed by atoms with E-state index in [2.05, 4.69) is 29.2 Å². The summed E-state index contributed by atoms with van der Waals surface area (Å²) in [6.07, 6.45) is 0. The minimum atomic E-state index is -0.658. The van der Waals surface area contributed by atoms with Crippen molar-refractivity contribution in [2.24, 2.45) is 0 Å². The number of hydrogen-bond donors (Lipinski definition) is 1. The quantitative estimate of drug-likeness (QED) is 0.711. The van der Waals surface area contributed by atoms with Crippen LogP contribution in [-0.4, -0.2) is 17.6 Å². The molecule has 0 bridgehead atoms. The molecular weight excluding hydrogens is 286 g/mol. The van der Waals surface area contributed by atoms with Gasteiger partial charge in [-0.3, -0.25) is 4.79 Å². The van der Waals surface area contributed by atoms with Crippen LogP contribution in [0.5, 0.6) is 0 Å². The number of aromatic amines is 1. The SMILES string of the molecule is CCOC(=O)C(C)(C)c1ccc2[nH]c(-c3ccccc3)cc2c1. The van der Waals surface area contributed by atoms with Crippen molar-refractivity contribution >= 4 is 16.9 Å². The normalized spacial score (nSPS) is 11.6. The van der Waals surface area contributed by atoms with E-state index in [1.54, 1.807) is 0 Å². The number of rotatable bonds is 4. The number of benzene rings is 2. The van der Waals surface area contributed by atoms with Gasteiger partial charge >= 0.3 is 5.97 Å². The Labute approximate surface area is 136 Å². The highest BCUT2D eigenvalue weighted by Crippen LogP contribution is 2.30. The summed E-state index contributed by atoms with van der Waals surface area (Å²) in [6.45, 7) is 6.02. The van der Waals surface area contributed by atoms with Crippen LogP contribution in [0.25, 0.3) is 22.2 Å². The van der Waals surface area contributed by atoms with E-state index in [1.807, 2.05) is 51.1 Å². The van der Waals surface area contributed by atoms with Crippen molar-refractivity contribution in [3.8, 4) is 11.3 Å². The van der Waals surface area contributed by atoms with Gasteiger partial charge in [0.2, 0.25) is 0 Å². The lowest BCUT2D eigenvalue weighted by Gasteiger charge is -2.22. The van der Waals surface area contributed by atoms with E-state index in [-0.39, 0.29) is 5.97 Å². The predicted molar refractivity (Wildman–Crippen MR) is 93.4 cm³/mol. The van der Waals surface area contributed by atoms with Gasteiger partial charge in [-0.15, -0.1) is 0 Å². The molecule has 1 N–H and O–H groups in total. The third-order valence-electron chi connectivity index (χ3n) is 4.21. The molecule has 3 rings (SSSR count). The highest BCUT2D eigenvalue weighted by atomic mass is 16.5. The van der Waals surface area contributed by atoms with Gasteiger partial charge in [-0.25, -0.2) is 0 Å². The van der Waals surface area contributed by atoms with Gasteiger partial charge in [0.15, 0.2) is 0 Å². The number of carbonyl (C=O) groups excluding carboxylic acids is 1. The van der Waals surface area contributed by atoms with E-state index in [1.165, 1.54) is 0 Å². The molecule has 0 aliphatic heterocycles. The standard InChI is InChI=1S/C20H21NO2/c1-4-23-19(22)20(2,3)16-10-11-17-15(12-16)13-18(21-17)14-8-6-5-7-9-14/h5-13,21H,4H2,1-3H3. The minimum Gasteiger partial charge on any atom is -0.465 e. The Kier molecular flexibility index (Phi) is 3.95. The van der Waals surface area contributed by atoms with Gasteiger partial charge < -0.3 is 9.72 Å². The zero-order valence-electron chi connectivity index (χ0n) is 13.7. The molecule has 3 heteroatoms. The largest absolute Gasteiger partial charge is 0.465 e. The summed E-state index contributed by atoms with van der Waals surface area (Å²) < 4.78 is 5.20. The van der Waals surface area contributed by atoms with Crippen LogP contribution in [-0.2, 0) is 14.9 Å². The van der Waals surface area contributed by atoms with Gasteiger partial charge in [0.05, 0.1) is 12.0 Å². The molecule has 0 amide bonds. The number of carbonyl (C=O) groups is 1. The summed E-state index contributed by atoms with van der Waals surface area (Å²) in [5.74, 6) is -0.196. The number of hydrogen-bond acceptors (Lipinski definition) is 2. The first kappa shape index (κ1) is 15.3. The van der Waals surface area contributed by atoms with Gasteiger partial charge in [-0.05, 0) is 50.1 Å². The number of ether oxygens (including phenoxy) is 1. The van der Waals surface area contributed by atoms with Crippen LogP contribution in [0, 0.1) is 0 Å². The maximum Gasteiger partial charge on any atom is 0.315 e.